The van der Waals surface area contributed by atoms with Crippen LogP contribution in [0.2, 0.25) is 0 Å². The highest BCUT2D eigenvalue weighted by molar-refractivity contribution is 7.98. The number of benzene rings is 2. The molecular formula is C19H18N6S. The third kappa shape index (κ3) is 3.25. The Morgan fingerprint density at radius 1 is 1.04 bits per heavy atom. The van der Waals surface area contributed by atoms with Gasteiger partial charge in [-0.25, -0.2) is 4.98 Å². The highest BCUT2D eigenvalue weighted by Crippen LogP contribution is 2.26. The van der Waals surface area contributed by atoms with E-state index in [1.54, 1.807) is 16.4 Å². The van der Waals surface area contributed by atoms with E-state index in [1.165, 1.54) is 11.1 Å². The quantitative estimate of drug-likeness (QED) is 0.506. The largest absolute Gasteiger partial charge is 0.295 e. The second-order valence-electron chi connectivity index (χ2n) is 6.00. The van der Waals surface area contributed by atoms with Crippen LogP contribution in [0.15, 0.2) is 66.1 Å². The van der Waals surface area contributed by atoms with Gasteiger partial charge in [-0.05, 0) is 53.6 Å². The van der Waals surface area contributed by atoms with Crippen LogP contribution in [0.5, 0.6) is 0 Å². The smallest absolute Gasteiger partial charge is 0.173 e. The fraction of sp³-hybridized carbons (Fsp3) is 0.158. The zero-order valence-electron chi connectivity index (χ0n) is 14.6. The van der Waals surface area contributed by atoms with Crippen LogP contribution in [0.4, 0.5) is 0 Å². The summed E-state index contributed by atoms with van der Waals surface area (Å²) in [6.07, 6.45) is 3.81. The predicted molar refractivity (Wildman–Crippen MR) is 102 cm³/mol. The molecule has 2 aromatic heterocycles. The van der Waals surface area contributed by atoms with Gasteiger partial charge in [0.25, 0.3) is 0 Å². The molecule has 0 aliphatic carbocycles. The van der Waals surface area contributed by atoms with Crippen LogP contribution in [-0.4, -0.2) is 29.8 Å². The van der Waals surface area contributed by atoms with Crippen molar-refractivity contribution in [3.05, 3.63) is 77.9 Å². The topological polar surface area (TPSA) is 61.4 Å². The summed E-state index contributed by atoms with van der Waals surface area (Å²) in [5, 5.41) is 13.0. The predicted octanol–water partition coefficient (Wildman–Crippen LogP) is 3.76. The van der Waals surface area contributed by atoms with Crippen LogP contribution in [0.3, 0.4) is 0 Å². The number of aryl methyl sites for hydroxylation is 2. The van der Waals surface area contributed by atoms with Crippen LogP contribution >= 0.6 is 11.8 Å². The first-order valence-corrected chi connectivity index (χ1v) is 9.27. The van der Waals surface area contributed by atoms with Gasteiger partial charge >= 0.3 is 0 Å². The van der Waals surface area contributed by atoms with Crippen LogP contribution in [0, 0.1) is 13.8 Å². The van der Waals surface area contributed by atoms with Crippen molar-refractivity contribution in [3.63, 3.8) is 0 Å². The van der Waals surface area contributed by atoms with Gasteiger partial charge in [0, 0.05) is 12.4 Å². The molecule has 0 atom stereocenters. The summed E-state index contributed by atoms with van der Waals surface area (Å²) >= 11 is 1.62. The van der Waals surface area contributed by atoms with Crippen molar-refractivity contribution < 1.29 is 0 Å². The molecule has 0 amide bonds. The van der Waals surface area contributed by atoms with E-state index < -0.39 is 0 Å². The van der Waals surface area contributed by atoms with Gasteiger partial charge in [0.1, 0.15) is 0 Å². The van der Waals surface area contributed by atoms with Gasteiger partial charge in [0.05, 0.1) is 17.1 Å². The molecule has 4 aromatic rings. The van der Waals surface area contributed by atoms with Gasteiger partial charge in [-0.15, -0.1) is 5.10 Å². The fourth-order valence-electron chi connectivity index (χ4n) is 2.75. The number of aromatic nitrogens is 6. The Hall–Kier alpha value is -2.93. The van der Waals surface area contributed by atoms with E-state index in [4.69, 9.17) is 0 Å². The Balaban J connectivity index is 1.59. The lowest BCUT2D eigenvalue weighted by atomic mass is 10.1. The van der Waals surface area contributed by atoms with Crippen molar-refractivity contribution in [2.45, 2.75) is 24.8 Å². The molecule has 0 fully saturated rings. The average Bonchev–Trinajstić information content (AvgIpc) is 3.31. The zero-order valence-corrected chi connectivity index (χ0v) is 15.4. The highest BCUT2D eigenvalue weighted by Gasteiger charge is 2.13. The first kappa shape index (κ1) is 16.5. The summed E-state index contributed by atoms with van der Waals surface area (Å²) in [7, 11) is 0. The maximum Gasteiger partial charge on any atom is 0.173 e. The summed E-state index contributed by atoms with van der Waals surface area (Å²) in [5.74, 6) is 1.42. The van der Waals surface area contributed by atoms with E-state index in [0.29, 0.717) is 5.75 Å². The van der Waals surface area contributed by atoms with Crippen molar-refractivity contribution >= 4 is 11.8 Å². The number of hydrogen-bond donors (Lipinski definition) is 0. The highest BCUT2D eigenvalue weighted by atomic mass is 32.2. The number of hydrogen-bond acceptors (Lipinski definition) is 5. The summed E-state index contributed by atoms with van der Waals surface area (Å²) < 4.78 is 3.88. The number of rotatable bonds is 5. The Bertz CT molecular complexity index is 1020. The second kappa shape index (κ2) is 7.13. The maximum absolute atomic E-state index is 4.51. The number of para-hydroxylation sites is 1. The molecule has 0 saturated heterocycles. The molecule has 26 heavy (non-hydrogen) atoms. The molecule has 0 spiro atoms. The summed E-state index contributed by atoms with van der Waals surface area (Å²) in [5.41, 5.74) is 4.53. The Morgan fingerprint density at radius 2 is 1.88 bits per heavy atom. The lowest BCUT2D eigenvalue weighted by Gasteiger charge is -2.11. The van der Waals surface area contributed by atoms with E-state index in [-0.39, 0.29) is 0 Å². The first-order chi connectivity index (χ1) is 12.7. The molecule has 0 aliphatic rings. The number of thioether (sulfide) groups is 1. The van der Waals surface area contributed by atoms with E-state index >= 15 is 0 Å². The van der Waals surface area contributed by atoms with Crippen molar-refractivity contribution in [1.29, 1.82) is 0 Å². The molecule has 2 aromatic carbocycles. The fourth-order valence-corrected chi connectivity index (χ4v) is 3.63. The second-order valence-corrected chi connectivity index (χ2v) is 6.94. The van der Waals surface area contributed by atoms with Crippen LogP contribution in [0.1, 0.15) is 17.0 Å². The minimum Gasteiger partial charge on any atom is -0.295 e. The Morgan fingerprint density at radius 3 is 2.73 bits per heavy atom. The first-order valence-electron chi connectivity index (χ1n) is 8.29. The molecular weight excluding hydrogens is 344 g/mol. The van der Waals surface area contributed by atoms with Crippen molar-refractivity contribution in [2.75, 3.05) is 0 Å². The van der Waals surface area contributed by atoms with Crippen molar-refractivity contribution in [1.82, 2.24) is 29.8 Å². The van der Waals surface area contributed by atoms with Crippen LogP contribution in [-0.2, 0) is 5.75 Å². The zero-order chi connectivity index (χ0) is 17.9. The number of nitrogens with zero attached hydrogens (tertiary/aromatic N) is 6. The molecule has 0 unspecified atom stereocenters. The van der Waals surface area contributed by atoms with Gasteiger partial charge in [0.2, 0.25) is 0 Å². The van der Waals surface area contributed by atoms with Crippen molar-refractivity contribution in [3.8, 4) is 11.4 Å². The molecule has 0 N–H and O–H groups in total. The van der Waals surface area contributed by atoms with E-state index in [1.807, 2.05) is 42.7 Å². The van der Waals surface area contributed by atoms with E-state index in [9.17, 15) is 0 Å². The average molecular weight is 362 g/mol. The molecule has 6 nitrogen and oxygen atoms in total. The van der Waals surface area contributed by atoms with Gasteiger partial charge in [-0.3, -0.25) is 4.57 Å². The lowest BCUT2D eigenvalue weighted by Crippen LogP contribution is -2.03. The molecule has 4 rings (SSSR count). The SMILES string of the molecule is Cc1ccc(C)c(-n2ccnc2SCc2nnnn2-c2ccccc2)c1. The summed E-state index contributed by atoms with van der Waals surface area (Å²) in [4.78, 5) is 4.51. The molecule has 130 valence electrons. The van der Waals surface area contributed by atoms with E-state index in [0.717, 1.165) is 22.4 Å². The van der Waals surface area contributed by atoms with Gasteiger partial charge in [-0.2, -0.15) is 4.68 Å². The van der Waals surface area contributed by atoms with E-state index in [2.05, 4.69) is 57.1 Å². The summed E-state index contributed by atoms with van der Waals surface area (Å²) in [6, 6.07) is 16.3. The normalized spacial score (nSPS) is 11.0. The molecule has 0 bridgehead atoms. The summed E-state index contributed by atoms with van der Waals surface area (Å²) in [6.45, 7) is 4.21. The molecule has 7 heteroatoms. The Labute approximate surface area is 155 Å². The third-order valence-corrected chi connectivity index (χ3v) is 5.06. The number of tetrazole rings is 1. The van der Waals surface area contributed by atoms with Gasteiger partial charge < -0.3 is 0 Å². The molecule has 2 heterocycles. The minimum absolute atomic E-state index is 0.629. The van der Waals surface area contributed by atoms with Crippen LogP contribution < -0.4 is 0 Å². The monoisotopic (exact) mass is 362 g/mol. The van der Waals surface area contributed by atoms with Gasteiger partial charge in [0.15, 0.2) is 11.0 Å². The van der Waals surface area contributed by atoms with Crippen molar-refractivity contribution in [2.24, 2.45) is 0 Å². The van der Waals surface area contributed by atoms with Crippen LogP contribution in [0.25, 0.3) is 11.4 Å². The molecule has 0 saturated carbocycles. The molecule has 0 radical (unpaired) electrons. The molecule has 0 aliphatic heterocycles. The Kier molecular flexibility index (Phi) is 4.53. The van der Waals surface area contributed by atoms with Gasteiger partial charge in [-0.1, -0.05) is 42.1 Å². The minimum atomic E-state index is 0.629. The third-order valence-electron chi connectivity index (χ3n) is 4.10. The maximum atomic E-state index is 4.51. The lowest BCUT2D eigenvalue weighted by molar-refractivity contribution is 0.777. The number of imidazole rings is 1. The standard InChI is InChI=1S/C19H18N6S/c1-14-8-9-15(2)17(12-14)24-11-10-20-19(24)26-13-18-21-22-23-25(18)16-6-4-3-5-7-16/h3-12H,13H2,1-2H3.